The van der Waals surface area contributed by atoms with Crippen molar-refractivity contribution in [1.29, 1.82) is 0 Å². The van der Waals surface area contributed by atoms with E-state index >= 15 is 0 Å². The minimum Gasteiger partial charge on any atom is -0.458 e. The van der Waals surface area contributed by atoms with E-state index in [9.17, 15) is 19.5 Å². The largest absolute Gasteiger partial charge is 0.458 e. The Morgan fingerprint density at radius 2 is 1.87 bits per heavy atom. The second-order valence-corrected chi connectivity index (χ2v) is 11.1. The van der Waals surface area contributed by atoms with Crippen molar-refractivity contribution >= 4 is 29.5 Å². The number of hydrogen-bond donors (Lipinski definition) is 1. The maximum absolute atomic E-state index is 12.7. The number of carbonyl (C=O) groups is 3. The second kappa shape index (κ2) is 6.58. The van der Waals surface area contributed by atoms with Gasteiger partial charge in [-0.3, -0.25) is 9.59 Å². The summed E-state index contributed by atoms with van der Waals surface area (Å²) in [6.07, 6.45) is 4.20. The normalized spacial score (nSPS) is 50.6. The van der Waals surface area contributed by atoms with Crippen LogP contribution in [0.3, 0.4) is 0 Å². The van der Waals surface area contributed by atoms with Gasteiger partial charge in [0.1, 0.15) is 30.3 Å². The minimum atomic E-state index is -0.965. The number of carbonyl (C=O) groups excluding carboxylic acids is 3. The van der Waals surface area contributed by atoms with E-state index < -0.39 is 28.7 Å². The Kier molecular flexibility index (Phi) is 4.29. The summed E-state index contributed by atoms with van der Waals surface area (Å²) in [7, 11) is 0. The standard InChI is InChI=1S/C22H27ClO8/c23-6-15(24)31-22-5-11-3-20(27,9-22)8-21(4-11,10-22)28-7-16(25)29-17-12-1-13-14(2-12)19(26)30-18(13)17/h11-14,17-18,27H,1-10H2. The third-order valence-corrected chi connectivity index (χ3v) is 8.77. The van der Waals surface area contributed by atoms with Gasteiger partial charge in [-0.25, -0.2) is 4.79 Å². The molecule has 1 aliphatic heterocycles. The van der Waals surface area contributed by atoms with Gasteiger partial charge >= 0.3 is 17.9 Å². The first-order valence-corrected chi connectivity index (χ1v) is 11.8. The van der Waals surface area contributed by atoms with E-state index in [1.54, 1.807) is 0 Å². The van der Waals surface area contributed by atoms with Gasteiger partial charge in [-0.15, -0.1) is 11.6 Å². The predicted molar refractivity (Wildman–Crippen MR) is 104 cm³/mol. The van der Waals surface area contributed by atoms with Crippen LogP contribution in [0, 0.1) is 23.7 Å². The molecular weight excluding hydrogens is 428 g/mol. The van der Waals surface area contributed by atoms with E-state index in [4.69, 9.17) is 30.5 Å². The highest BCUT2D eigenvalue weighted by atomic mass is 35.5. The van der Waals surface area contributed by atoms with E-state index in [2.05, 4.69) is 0 Å². The minimum absolute atomic E-state index is 0.0270. The smallest absolute Gasteiger partial charge is 0.332 e. The molecule has 1 saturated heterocycles. The summed E-state index contributed by atoms with van der Waals surface area (Å²) in [5, 5.41) is 11.1. The fraction of sp³-hybridized carbons (Fsp3) is 0.864. The summed E-state index contributed by atoms with van der Waals surface area (Å²) in [6.45, 7) is -0.236. The molecule has 7 rings (SSSR count). The number of fused-ring (bicyclic) bond motifs is 1. The zero-order valence-electron chi connectivity index (χ0n) is 17.2. The van der Waals surface area contributed by atoms with Crippen LogP contribution in [0.4, 0.5) is 0 Å². The van der Waals surface area contributed by atoms with Crippen LogP contribution in [0.5, 0.6) is 0 Å². The van der Waals surface area contributed by atoms with Crippen LogP contribution in [-0.4, -0.2) is 64.5 Å². The van der Waals surface area contributed by atoms with Crippen molar-refractivity contribution in [3.05, 3.63) is 0 Å². The van der Waals surface area contributed by atoms with Gasteiger partial charge in [-0.2, -0.15) is 0 Å². The molecule has 1 heterocycles. The van der Waals surface area contributed by atoms with Crippen LogP contribution in [0.15, 0.2) is 0 Å². The lowest BCUT2D eigenvalue weighted by atomic mass is 9.50. The molecule has 0 aromatic rings. The topological polar surface area (TPSA) is 108 Å². The number of ether oxygens (including phenoxy) is 4. The van der Waals surface area contributed by atoms with E-state index in [1.807, 2.05) is 0 Å². The summed E-state index contributed by atoms with van der Waals surface area (Å²) < 4.78 is 23.0. The lowest BCUT2D eigenvalue weighted by Gasteiger charge is -2.63. The third-order valence-electron chi connectivity index (χ3n) is 8.55. The lowest BCUT2D eigenvalue weighted by molar-refractivity contribution is -0.273. The number of rotatable bonds is 6. The first-order valence-electron chi connectivity index (χ1n) is 11.3. The molecule has 170 valence electrons. The Bertz CT molecular complexity index is 847. The molecule has 0 amide bonds. The Hall–Kier alpha value is -1.38. The van der Waals surface area contributed by atoms with Gasteiger partial charge in [0.05, 0.1) is 17.1 Å². The van der Waals surface area contributed by atoms with Crippen LogP contribution in [0.2, 0.25) is 0 Å². The van der Waals surface area contributed by atoms with Gasteiger partial charge in [0.2, 0.25) is 0 Å². The highest BCUT2D eigenvalue weighted by Crippen LogP contribution is 2.62. The second-order valence-electron chi connectivity index (χ2n) is 10.9. The molecule has 0 aromatic heterocycles. The number of hydrogen-bond acceptors (Lipinski definition) is 8. The van der Waals surface area contributed by atoms with Crippen molar-refractivity contribution in [2.75, 3.05) is 12.5 Å². The average molecular weight is 455 g/mol. The predicted octanol–water partition coefficient (Wildman–Crippen LogP) is 1.48. The van der Waals surface area contributed by atoms with Gasteiger partial charge in [0.25, 0.3) is 0 Å². The number of esters is 3. The van der Waals surface area contributed by atoms with E-state index in [0.717, 1.165) is 19.3 Å². The lowest BCUT2D eigenvalue weighted by Crippen LogP contribution is -2.67. The van der Waals surface area contributed by atoms with Crippen LogP contribution in [-0.2, 0) is 33.3 Å². The molecule has 6 saturated carbocycles. The van der Waals surface area contributed by atoms with Gasteiger partial charge in [0, 0.05) is 31.1 Å². The average Bonchev–Trinajstić information content (AvgIpc) is 3.29. The molecule has 9 unspecified atom stereocenters. The summed E-state index contributed by atoms with van der Waals surface area (Å²) in [4.78, 5) is 36.5. The Balaban J connectivity index is 1.12. The molecule has 31 heavy (non-hydrogen) atoms. The number of alkyl halides is 1. The highest BCUT2D eigenvalue weighted by Gasteiger charge is 2.66. The molecule has 7 aliphatic rings. The quantitative estimate of drug-likeness (QED) is 0.365. The SMILES string of the molecule is O=C(COC12CC3CC(O)(C1)CC(OC(=O)CCl)(C3)C2)OC1C2CC3C(=O)OC1C3C2. The summed E-state index contributed by atoms with van der Waals surface area (Å²) in [5.74, 6) is -0.887. The van der Waals surface area contributed by atoms with Crippen molar-refractivity contribution in [2.45, 2.75) is 80.4 Å². The monoisotopic (exact) mass is 454 g/mol. The van der Waals surface area contributed by atoms with Crippen LogP contribution < -0.4 is 0 Å². The molecule has 0 radical (unpaired) electrons. The molecule has 6 aliphatic carbocycles. The summed E-state index contributed by atoms with van der Waals surface area (Å²) >= 11 is 5.65. The molecule has 0 spiro atoms. The van der Waals surface area contributed by atoms with Crippen molar-refractivity contribution in [2.24, 2.45) is 23.7 Å². The molecule has 7 fully saturated rings. The van der Waals surface area contributed by atoms with E-state index in [1.165, 1.54) is 0 Å². The molecule has 6 bridgehead atoms. The Morgan fingerprint density at radius 3 is 2.65 bits per heavy atom. The Labute approximate surface area is 184 Å². The molecule has 0 aromatic carbocycles. The molecular formula is C22H27ClO8. The van der Waals surface area contributed by atoms with Crippen LogP contribution in [0.25, 0.3) is 0 Å². The third kappa shape index (κ3) is 3.12. The molecule has 9 atom stereocenters. The van der Waals surface area contributed by atoms with E-state index in [0.29, 0.717) is 32.1 Å². The van der Waals surface area contributed by atoms with E-state index in [-0.39, 0.29) is 54.3 Å². The summed E-state index contributed by atoms with van der Waals surface area (Å²) in [6, 6.07) is 0. The first kappa shape index (κ1) is 20.2. The zero-order chi connectivity index (χ0) is 21.6. The first-order chi connectivity index (χ1) is 14.7. The molecule has 9 heteroatoms. The van der Waals surface area contributed by atoms with Crippen LogP contribution >= 0.6 is 11.6 Å². The van der Waals surface area contributed by atoms with Crippen molar-refractivity contribution in [3.8, 4) is 0 Å². The maximum Gasteiger partial charge on any atom is 0.332 e. The van der Waals surface area contributed by atoms with Gasteiger partial charge in [0.15, 0.2) is 0 Å². The fourth-order valence-electron chi connectivity index (χ4n) is 8.22. The van der Waals surface area contributed by atoms with Gasteiger partial charge in [-0.05, 0) is 38.0 Å². The maximum atomic E-state index is 12.7. The van der Waals surface area contributed by atoms with Crippen molar-refractivity contribution in [3.63, 3.8) is 0 Å². The molecule has 8 nitrogen and oxygen atoms in total. The zero-order valence-corrected chi connectivity index (χ0v) is 18.0. The highest BCUT2D eigenvalue weighted by molar-refractivity contribution is 6.26. The number of aliphatic hydroxyl groups is 1. The van der Waals surface area contributed by atoms with Crippen molar-refractivity contribution in [1.82, 2.24) is 0 Å². The fourth-order valence-corrected chi connectivity index (χ4v) is 8.27. The summed E-state index contributed by atoms with van der Waals surface area (Å²) in [5.41, 5.74) is -2.48. The van der Waals surface area contributed by atoms with Gasteiger partial charge < -0.3 is 24.1 Å². The molecule has 1 N–H and O–H groups in total. The van der Waals surface area contributed by atoms with Gasteiger partial charge in [-0.1, -0.05) is 0 Å². The number of halogens is 1. The Morgan fingerprint density at radius 1 is 1.10 bits per heavy atom. The van der Waals surface area contributed by atoms with Crippen LogP contribution in [0.1, 0.15) is 51.4 Å². The van der Waals surface area contributed by atoms with Crippen molar-refractivity contribution < 1.29 is 38.4 Å².